The zero-order valence-electron chi connectivity index (χ0n) is 13.1. The van der Waals surface area contributed by atoms with Crippen molar-refractivity contribution >= 4 is 10.8 Å². The van der Waals surface area contributed by atoms with Gasteiger partial charge in [-0.05, 0) is 59.7 Å². The van der Waals surface area contributed by atoms with Gasteiger partial charge in [0.25, 0.3) is 0 Å². The zero-order valence-corrected chi connectivity index (χ0v) is 13.1. The van der Waals surface area contributed by atoms with Crippen LogP contribution in [0.25, 0.3) is 10.8 Å². The van der Waals surface area contributed by atoms with Gasteiger partial charge in [0.1, 0.15) is 11.5 Å². The van der Waals surface area contributed by atoms with Crippen molar-refractivity contribution in [2.75, 3.05) is 0 Å². The van der Waals surface area contributed by atoms with E-state index in [1.54, 1.807) is 24.3 Å². The minimum Gasteiger partial charge on any atom is -0.457 e. The fourth-order valence-corrected chi connectivity index (χ4v) is 2.21. The molecule has 3 rings (SSSR count). The third-order valence-electron chi connectivity index (χ3n) is 3.29. The monoisotopic (exact) mass is 289 g/mol. The Morgan fingerprint density at radius 2 is 1.55 bits per heavy atom. The predicted octanol–water partition coefficient (Wildman–Crippen LogP) is 5.84. The van der Waals surface area contributed by atoms with Gasteiger partial charge in [0.05, 0.1) is 11.6 Å². The van der Waals surface area contributed by atoms with Crippen LogP contribution in [0.2, 0.25) is 0 Å². The van der Waals surface area contributed by atoms with E-state index >= 15 is 0 Å². The standard InChI is InChI=1S/C18H13NO.C2H6/c1-13-3-2-4-15-7-10-17(11-18(13)15)20-16-8-5-14(12-19)6-9-16;1-2/h2-11H,1H3;1-2H3. The van der Waals surface area contributed by atoms with Gasteiger partial charge in [0.15, 0.2) is 0 Å². The lowest BCUT2D eigenvalue weighted by Gasteiger charge is -2.08. The van der Waals surface area contributed by atoms with Crippen LogP contribution in [0.3, 0.4) is 0 Å². The van der Waals surface area contributed by atoms with Crippen molar-refractivity contribution in [2.24, 2.45) is 0 Å². The van der Waals surface area contributed by atoms with Gasteiger partial charge in [-0.3, -0.25) is 0 Å². The van der Waals surface area contributed by atoms with Gasteiger partial charge in [-0.2, -0.15) is 5.26 Å². The molecule has 0 fully saturated rings. The Hall–Kier alpha value is -2.79. The first-order valence-electron chi connectivity index (χ1n) is 7.44. The summed E-state index contributed by atoms with van der Waals surface area (Å²) < 4.78 is 5.83. The SMILES string of the molecule is CC.Cc1cccc2ccc(Oc3ccc(C#N)cc3)cc12. The van der Waals surface area contributed by atoms with E-state index in [0.717, 1.165) is 11.5 Å². The molecule has 0 aromatic heterocycles. The Labute approximate surface area is 131 Å². The van der Waals surface area contributed by atoms with Crippen molar-refractivity contribution in [1.82, 2.24) is 0 Å². The zero-order chi connectivity index (χ0) is 15.9. The van der Waals surface area contributed by atoms with Crippen molar-refractivity contribution in [3.8, 4) is 17.6 Å². The van der Waals surface area contributed by atoms with E-state index in [-0.39, 0.29) is 0 Å². The highest BCUT2D eigenvalue weighted by molar-refractivity contribution is 5.86. The van der Waals surface area contributed by atoms with Crippen LogP contribution < -0.4 is 4.74 Å². The van der Waals surface area contributed by atoms with Crippen molar-refractivity contribution < 1.29 is 4.74 Å². The van der Waals surface area contributed by atoms with E-state index in [4.69, 9.17) is 10.00 Å². The summed E-state index contributed by atoms with van der Waals surface area (Å²) in [5, 5.41) is 11.2. The molecule has 0 heterocycles. The lowest BCUT2D eigenvalue weighted by atomic mass is 10.1. The summed E-state index contributed by atoms with van der Waals surface area (Å²) in [5.41, 5.74) is 1.86. The molecule has 0 radical (unpaired) electrons. The number of hydrogen-bond acceptors (Lipinski definition) is 2. The fourth-order valence-electron chi connectivity index (χ4n) is 2.21. The van der Waals surface area contributed by atoms with E-state index in [0.29, 0.717) is 5.56 Å². The van der Waals surface area contributed by atoms with Crippen LogP contribution in [0.1, 0.15) is 25.0 Å². The number of hydrogen-bond donors (Lipinski definition) is 0. The lowest BCUT2D eigenvalue weighted by Crippen LogP contribution is -1.86. The van der Waals surface area contributed by atoms with E-state index < -0.39 is 0 Å². The summed E-state index contributed by atoms with van der Waals surface area (Å²) in [6.45, 7) is 6.09. The summed E-state index contributed by atoms with van der Waals surface area (Å²) in [7, 11) is 0. The summed E-state index contributed by atoms with van der Waals surface area (Å²) in [6.07, 6.45) is 0. The van der Waals surface area contributed by atoms with Crippen LogP contribution in [0.15, 0.2) is 60.7 Å². The molecule has 0 aliphatic heterocycles. The summed E-state index contributed by atoms with van der Waals surface area (Å²) in [4.78, 5) is 0. The maximum atomic E-state index is 8.78. The molecule has 0 unspecified atom stereocenters. The van der Waals surface area contributed by atoms with Crippen LogP contribution in [0, 0.1) is 18.3 Å². The number of aryl methyl sites for hydroxylation is 1. The minimum atomic E-state index is 0.631. The topological polar surface area (TPSA) is 33.0 Å². The second kappa shape index (κ2) is 7.28. The Morgan fingerprint density at radius 3 is 2.23 bits per heavy atom. The molecular formula is C20H19NO. The number of rotatable bonds is 2. The average molecular weight is 289 g/mol. The number of nitriles is 1. The van der Waals surface area contributed by atoms with Crippen LogP contribution in [0.5, 0.6) is 11.5 Å². The van der Waals surface area contributed by atoms with E-state index in [1.807, 2.05) is 26.0 Å². The second-order valence-electron chi connectivity index (χ2n) is 4.70. The number of nitrogens with zero attached hydrogens (tertiary/aromatic N) is 1. The van der Waals surface area contributed by atoms with Gasteiger partial charge in [-0.25, -0.2) is 0 Å². The molecule has 0 bridgehead atoms. The first-order valence-corrected chi connectivity index (χ1v) is 7.44. The first kappa shape index (κ1) is 15.6. The van der Waals surface area contributed by atoms with E-state index in [9.17, 15) is 0 Å². The molecule has 0 saturated heterocycles. The van der Waals surface area contributed by atoms with Crippen molar-refractivity contribution in [3.05, 3.63) is 71.8 Å². The van der Waals surface area contributed by atoms with Crippen LogP contribution >= 0.6 is 0 Å². The highest BCUT2D eigenvalue weighted by Gasteiger charge is 2.01. The summed E-state index contributed by atoms with van der Waals surface area (Å²) >= 11 is 0. The van der Waals surface area contributed by atoms with E-state index in [1.165, 1.54) is 16.3 Å². The van der Waals surface area contributed by atoms with Gasteiger partial charge in [-0.15, -0.1) is 0 Å². The average Bonchev–Trinajstić information content (AvgIpc) is 2.58. The molecular weight excluding hydrogens is 270 g/mol. The van der Waals surface area contributed by atoms with Crippen LogP contribution in [-0.2, 0) is 0 Å². The third kappa shape index (κ3) is 3.45. The number of benzene rings is 3. The van der Waals surface area contributed by atoms with Gasteiger partial charge < -0.3 is 4.74 Å². The molecule has 110 valence electrons. The highest BCUT2D eigenvalue weighted by atomic mass is 16.5. The molecule has 3 aromatic rings. The normalized spacial score (nSPS) is 9.55. The smallest absolute Gasteiger partial charge is 0.128 e. The maximum Gasteiger partial charge on any atom is 0.128 e. The van der Waals surface area contributed by atoms with E-state index in [2.05, 4.69) is 37.3 Å². The molecule has 0 aliphatic rings. The predicted molar refractivity (Wildman–Crippen MR) is 91.3 cm³/mol. The number of ether oxygens (including phenoxy) is 1. The van der Waals surface area contributed by atoms with Gasteiger partial charge in [0, 0.05) is 0 Å². The first-order chi connectivity index (χ1) is 10.8. The molecule has 22 heavy (non-hydrogen) atoms. The minimum absolute atomic E-state index is 0.631. The number of fused-ring (bicyclic) bond motifs is 1. The molecule has 0 atom stereocenters. The van der Waals surface area contributed by atoms with Gasteiger partial charge in [0.2, 0.25) is 0 Å². The molecule has 0 aliphatic carbocycles. The van der Waals surface area contributed by atoms with Crippen molar-refractivity contribution in [1.29, 1.82) is 5.26 Å². The summed E-state index contributed by atoms with van der Waals surface area (Å²) in [5.74, 6) is 1.54. The quantitative estimate of drug-likeness (QED) is 0.594. The summed E-state index contributed by atoms with van der Waals surface area (Å²) in [6, 6.07) is 21.5. The fraction of sp³-hybridized carbons (Fsp3) is 0.150. The maximum absolute atomic E-state index is 8.78. The molecule has 2 nitrogen and oxygen atoms in total. The molecule has 3 aromatic carbocycles. The third-order valence-corrected chi connectivity index (χ3v) is 3.29. The lowest BCUT2D eigenvalue weighted by molar-refractivity contribution is 0.483. The Kier molecular flexibility index (Phi) is 5.16. The highest BCUT2D eigenvalue weighted by Crippen LogP contribution is 2.27. The Morgan fingerprint density at radius 1 is 0.864 bits per heavy atom. The van der Waals surface area contributed by atoms with Gasteiger partial charge in [-0.1, -0.05) is 38.1 Å². The van der Waals surface area contributed by atoms with Crippen LogP contribution in [0.4, 0.5) is 0 Å². The van der Waals surface area contributed by atoms with Crippen molar-refractivity contribution in [3.63, 3.8) is 0 Å². The largest absolute Gasteiger partial charge is 0.457 e. The van der Waals surface area contributed by atoms with Crippen LogP contribution in [-0.4, -0.2) is 0 Å². The molecule has 2 heteroatoms. The molecule has 0 amide bonds. The van der Waals surface area contributed by atoms with Gasteiger partial charge >= 0.3 is 0 Å². The second-order valence-corrected chi connectivity index (χ2v) is 4.70. The Bertz CT molecular complexity index is 798. The molecule has 0 spiro atoms. The van der Waals surface area contributed by atoms with Crippen molar-refractivity contribution in [2.45, 2.75) is 20.8 Å². The molecule has 0 N–H and O–H groups in total. The Balaban J connectivity index is 0.000000847. The molecule has 0 saturated carbocycles.